The topological polar surface area (TPSA) is 64.6 Å². The molecular weight excluding hydrogens is 342 g/mol. The molecule has 0 aliphatic heterocycles. The summed E-state index contributed by atoms with van der Waals surface area (Å²) in [5.41, 5.74) is 2.52. The van der Waals surface area contributed by atoms with Crippen molar-refractivity contribution in [2.75, 3.05) is 14.2 Å². The number of hydrogen-bond acceptors (Lipinski definition) is 4. The Kier molecular flexibility index (Phi) is 6.61. The minimum absolute atomic E-state index is 0.00984. The minimum atomic E-state index is -0.781. The highest BCUT2D eigenvalue weighted by atomic mass is 16.5. The summed E-state index contributed by atoms with van der Waals surface area (Å²) in [6.45, 7) is 6.34. The molecular formula is C22H27NO4. The highest BCUT2D eigenvalue weighted by molar-refractivity contribution is 5.96. The Bertz CT molecular complexity index is 791. The van der Waals surface area contributed by atoms with Crippen LogP contribution in [0, 0.1) is 0 Å². The van der Waals surface area contributed by atoms with Crippen molar-refractivity contribution in [1.29, 1.82) is 0 Å². The lowest BCUT2D eigenvalue weighted by Crippen LogP contribution is -2.43. The van der Waals surface area contributed by atoms with E-state index in [0.29, 0.717) is 17.7 Å². The average Bonchev–Trinajstić information content (AvgIpc) is 2.66. The van der Waals surface area contributed by atoms with Crippen molar-refractivity contribution in [3.05, 3.63) is 65.2 Å². The van der Waals surface area contributed by atoms with Crippen LogP contribution in [-0.4, -0.2) is 32.1 Å². The van der Waals surface area contributed by atoms with Crippen LogP contribution in [0.2, 0.25) is 0 Å². The molecule has 1 N–H and O–H groups in total. The first-order valence-corrected chi connectivity index (χ1v) is 8.86. The van der Waals surface area contributed by atoms with Crippen LogP contribution in [-0.2, 0) is 21.4 Å². The first-order valence-electron chi connectivity index (χ1n) is 8.86. The maximum atomic E-state index is 12.6. The second-order valence-electron chi connectivity index (χ2n) is 7.43. The number of nitrogens with one attached hydrogen (secondary N) is 1. The SMILES string of the molecule is COC(=O)[C@@H](Cc1cccc(OC)c1)NC(=O)c1ccc(C(C)(C)C)cc1. The van der Waals surface area contributed by atoms with E-state index in [0.717, 1.165) is 11.1 Å². The summed E-state index contributed by atoms with van der Waals surface area (Å²) in [6.07, 6.45) is 0.315. The Morgan fingerprint density at radius 3 is 2.26 bits per heavy atom. The maximum Gasteiger partial charge on any atom is 0.328 e. The molecule has 0 aliphatic carbocycles. The van der Waals surface area contributed by atoms with Crippen LogP contribution < -0.4 is 10.1 Å². The van der Waals surface area contributed by atoms with E-state index in [1.807, 2.05) is 36.4 Å². The zero-order valence-corrected chi connectivity index (χ0v) is 16.5. The van der Waals surface area contributed by atoms with E-state index in [2.05, 4.69) is 26.1 Å². The Labute approximate surface area is 160 Å². The standard InChI is InChI=1S/C22H27NO4/c1-22(2,3)17-11-9-16(10-12-17)20(24)23-19(21(25)27-5)14-15-7-6-8-18(13-15)26-4/h6-13,19H,14H2,1-5H3,(H,23,24)/t19-/m1/s1. The predicted molar refractivity (Wildman–Crippen MR) is 105 cm³/mol. The summed E-state index contributed by atoms with van der Waals surface area (Å²) in [5.74, 6) is -0.105. The fraction of sp³-hybridized carbons (Fsp3) is 0.364. The van der Waals surface area contributed by atoms with Crippen LogP contribution in [0.15, 0.2) is 48.5 Å². The molecule has 2 aromatic carbocycles. The van der Waals surface area contributed by atoms with E-state index in [-0.39, 0.29) is 11.3 Å². The van der Waals surface area contributed by atoms with Gasteiger partial charge in [-0.05, 0) is 40.8 Å². The first-order chi connectivity index (χ1) is 12.7. The summed E-state index contributed by atoms with van der Waals surface area (Å²) in [5, 5.41) is 2.77. The van der Waals surface area contributed by atoms with Crippen LogP contribution in [0.1, 0.15) is 42.3 Å². The fourth-order valence-electron chi connectivity index (χ4n) is 2.73. The van der Waals surface area contributed by atoms with Gasteiger partial charge in [-0.15, -0.1) is 0 Å². The van der Waals surface area contributed by atoms with Gasteiger partial charge < -0.3 is 14.8 Å². The fourth-order valence-corrected chi connectivity index (χ4v) is 2.73. The van der Waals surface area contributed by atoms with Gasteiger partial charge in [0, 0.05) is 12.0 Å². The van der Waals surface area contributed by atoms with Crippen LogP contribution in [0.4, 0.5) is 0 Å². The maximum absolute atomic E-state index is 12.6. The number of methoxy groups -OCH3 is 2. The second-order valence-corrected chi connectivity index (χ2v) is 7.43. The summed E-state index contributed by atoms with van der Waals surface area (Å²) in [6, 6.07) is 14.0. The summed E-state index contributed by atoms with van der Waals surface area (Å²) in [4.78, 5) is 24.8. The van der Waals surface area contributed by atoms with E-state index in [1.54, 1.807) is 19.2 Å². The monoisotopic (exact) mass is 369 g/mol. The van der Waals surface area contributed by atoms with Gasteiger partial charge in [0.05, 0.1) is 14.2 Å². The van der Waals surface area contributed by atoms with Crippen LogP contribution >= 0.6 is 0 Å². The van der Waals surface area contributed by atoms with Gasteiger partial charge in [0.2, 0.25) is 0 Å². The van der Waals surface area contributed by atoms with Crippen LogP contribution in [0.3, 0.4) is 0 Å². The normalized spacial score (nSPS) is 12.2. The van der Waals surface area contributed by atoms with Crippen molar-refractivity contribution in [1.82, 2.24) is 5.32 Å². The molecule has 0 spiro atoms. The molecule has 0 fully saturated rings. The van der Waals surface area contributed by atoms with Crippen molar-refractivity contribution in [3.8, 4) is 5.75 Å². The molecule has 0 aromatic heterocycles. The van der Waals surface area contributed by atoms with Crippen LogP contribution in [0.25, 0.3) is 0 Å². The molecule has 0 aliphatic rings. The van der Waals surface area contributed by atoms with Gasteiger partial charge in [-0.1, -0.05) is 45.0 Å². The molecule has 2 rings (SSSR count). The molecule has 0 heterocycles. The van der Waals surface area contributed by atoms with Crippen molar-refractivity contribution >= 4 is 11.9 Å². The quantitative estimate of drug-likeness (QED) is 0.792. The predicted octanol–water partition coefficient (Wildman–Crippen LogP) is 3.51. The number of carbonyl (C=O) groups is 2. The lowest BCUT2D eigenvalue weighted by Gasteiger charge is -2.20. The highest BCUT2D eigenvalue weighted by Gasteiger charge is 2.23. The molecule has 5 heteroatoms. The molecule has 0 bridgehead atoms. The van der Waals surface area contributed by atoms with Gasteiger partial charge in [-0.2, -0.15) is 0 Å². The summed E-state index contributed by atoms with van der Waals surface area (Å²) >= 11 is 0. The molecule has 144 valence electrons. The van der Waals surface area contributed by atoms with Gasteiger partial charge in [-0.3, -0.25) is 4.79 Å². The molecule has 5 nitrogen and oxygen atoms in total. The van der Waals surface area contributed by atoms with E-state index in [9.17, 15) is 9.59 Å². The third-order valence-electron chi connectivity index (χ3n) is 4.38. The van der Waals surface area contributed by atoms with Crippen LogP contribution in [0.5, 0.6) is 5.75 Å². The van der Waals surface area contributed by atoms with Gasteiger partial charge in [-0.25, -0.2) is 4.79 Å². The van der Waals surface area contributed by atoms with Crippen molar-refractivity contribution in [3.63, 3.8) is 0 Å². The third-order valence-corrected chi connectivity index (χ3v) is 4.38. The number of esters is 1. The number of carbonyl (C=O) groups excluding carboxylic acids is 2. The Morgan fingerprint density at radius 2 is 1.70 bits per heavy atom. The number of rotatable bonds is 6. The van der Waals surface area contributed by atoms with Crippen molar-refractivity contribution < 1.29 is 19.1 Å². The summed E-state index contributed by atoms with van der Waals surface area (Å²) in [7, 11) is 2.89. The number of hydrogen-bond donors (Lipinski definition) is 1. The molecule has 0 saturated heterocycles. The van der Waals surface area contributed by atoms with Crippen molar-refractivity contribution in [2.24, 2.45) is 0 Å². The summed E-state index contributed by atoms with van der Waals surface area (Å²) < 4.78 is 10.1. The lowest BCUT2D eigenvalue weighted by atomic mass is 9.86. The van der Waals surface area contributed by atoms with E-state index in [4.69, 9.17) is 9.47 Å². The molecule has 0 saturated carbocycles. The Morgan fingerprint density at radius 1 is 1.04 bits per heavy atom. The number of benzene rings is 2. The minimum Gasteiger partial charge on any atom is -0.497 e. The molecule has 1 amide bonds. The van der Waals surface area contributed by atoms with E-state index in [1.165, 1.54) is 7.11 Å². The largest absolute Gasteiger partial charge is 0.497 e. The highest BCUT2D eigenvalue weighted by Crippen LogP contribution is 2.22. The number of ether oxygens (including phenoxy) is 2. The van der Waals surface area contributed by atoms with E-state index >= 15 is 0 Å². The number of amides is 1. The van der Waals surface area contributed by atoms with Gasteiger partial charge in [0.25, 0.3) is 5.91 Å². The first kappa shape index (κ1) is 20.5. The van der Waals surface area contributed by atoms with E-state index < -0.39 is 12.0 Å². The Hall–Kier alpha value is -2.82. The molecule has 0 radical (unpaired) electrons. The molecule has 0 unspecified atom stereocenters. The van der Waals surface area contributed by atoms with Crippen molar-refractivity contribution in [2.45, 2.75) is 38.6 Å². The third kappa shape index (κ3) is 5.58. The molecule has 2 aromatic rings. The molecule has 27 heavy (non-hydrogen) atoms. The Balaban J connectivity index is 2.15. The van der Waals surface area contributed by atoms with Gasteiger partial charge in [0.15, 0.2) is 0 Å². The van der Waals surface area contributed by atoms with Gasteiger partial charge in [0.1, 0.15) is 11.8 Å². The molecule has 1 atom stereocenters. The average molecular weight is 369 g/mol. The second kappa shape index (κ2) is 8.71. The lowest BCUT2D eigenvalue weighted by molar-refractivity contribution is -0.142. The zero-order valence-electron chi connectivity index (χ0n) is 16.5. The van der Waals surface area contributed by atoms with Gasteiger partial charge >= 0.3 is 5.97 Å². The zero-order chi connectivity index (χ0) is 20.0. The smallest absolute Gasteiger partial charge is 0.328 e.